The summed E-state index contributed by atoms with van der Waals surface area (Å²) in [4.78, 5) is 36.9. The number of hydrogen-bond acceptors (Lipinski definition) is 9. The predicted octanol–water partition coefficient (Wildman–Crippen LogP) is 0.357. The summed E-state index contributed by atoms with van der Waals surface area (Å²) in [5, 5.41) is 18.1. The number of aromatic hydroxyl groups is 1. The molecule has 174 valence electrons. The van der Waals surface area contributed by atoms with E-state index in [-0.39, 0.29) is 24.2 Å². The normalized spacial score (nSPS) is 14.5. The molecular formula is C22H21N7O5. The predicted molar refractivity (Wildman–Crippen MR) is 121 cm³/mol. The number of esters is 1. The van der Waals surface area contributed by atoms with Crippen LogP contribution in [-0.4, -0.2) is 55.4 Å². The van der Waals surface area contributed by atoms with Crippen molar-refractivity contribution in [2.75, 3.05) is 19.0 Å². The third kappa shape index (κ3) is 4.60. The lowest BCUT2D eigenvalue weighted by Gasteiger charge is -2.08. The summed E-state index contributed by atoms with van der Waals surface area (Å²) in [6, 6.07) is 9.10. The molecular weight excluding hydrogens is 442 g/mol. The number of nitrogens with one attached hydrogen (secondary N) is 3. The zero-order valence-corrected chi connectivity index (χ0v) is 18.1. The van der Waals surface area contributed by atoms with E-state index in [2.05, 4.69) is 30.1 Å². The number of anilines is 2. The van der Waals surface area contributed by atoms with Crippen molar-refractivity contribution in [3.05, 3.63) is 63.4 Å². The van der Waals surface area contributed by atoms with Gasteiger partial charge in [-0.2, -0.15) is 9.61 Å². The van der Waals surface area contributed by atoms with Crippen LogP contribution in [0.1, 0.15) is 18.5 Å². The van der Waals surface area contributed by atoms with E-state index in [1.807, 2.05) is 0 Å². The fourth-order valence-corrected chi connectivity index (χ4v) is 3.24. The number of imidazole rings is 1. The van der Waals surface area contributed by atoms with Crippen molar-refractivity contribution < 1.29 is 19.4 Å². The lowest BCUT2D eigenvalue weighted by Crippen LogP contribution is -2.19. The Bertz CT molecular complexity index is 1530. The van der Waals surface area contributed by atoms with Crippen LogP contribution in [0.3, 0.4) is 0 Å². The van der Waals surface area contributed by atoms with Crippen LogP contribution in [0.5, 0.6) is 11.6 Å². The average molecular weight is 463 g/mol. The Kier molecular flexibility index (Phi) is 5.46. The number of H-pyrrole nitrogens is 2. The number of carbonyl (C=O) groups is 1. The van der Waals surface area contributed by atoms with E-state index in [0.29, 0.717) is 27.9 Å². The second-order valence-corrected chi connectivity index (χ2v) is 7.70. The highest BCUT2D eigenvalue weighted by atomic mass is 16.6. The van der Waals surface area contributed by atoms with E-state index in [9.17, 15) is 14.7 Å². The van der Waals surface area contributed by atoms with Gasteiger partial charge in [0.2, 0.25) is 5.88 Å². The van der Waals surface area contributed by atoms with Gasteiger partial charge in [-0.25, -0.2) is 14.6 Å². The van der Waals surface area contributed by atoms with Crippen LogP contribution < -0.4 is 26.4 Å². The molecule has 1 aromatic carbocycles. The van der Waals surface area contributed by atoms with Gasteiger partial charge in [-0.15, -0.1) is 0 Å². The maximum atomic E-state index is 11.5. The number of aromatic amines is 2. The molecule has 0 amide bonds. The Labute approximate surface area is 191 Å². The molecule has 4 aromatic rings. The molecule has 3 heterocycles. The standard InChI is InChI=1S/C22H21N7O5/c1-33-19(30)11-34-15-6-4-13(5-7-15)24-17-9-18(25-14-2-3-14)29-20(27-17)12(10-23-29)8-16-21(31)28-22(32)26-16/h4-10,14,24,31H,2-3,11H2,1H3,(H2,26,28,32)/b12-8-,25-18?. The molecule has 1 aliphatic rings. The first-order chi connectivity index (χ1) is 16.5. The van der Waals surface area contributed by atoms with Gasteiger partial charge in [-0.3, -0.25) is 9.98 Å². The van der Waals surface area contributed by atoms with Gasteiger partial charge in [0, 0.05) is 17.0 Å². The number of fused-ring (bicyclic) bond motifs is 1. The van der Waals surface area contributed by atoms with Gasteiger partial charge in [0.25, 0.3) is 0 Å². The number of hydrogen-bond donors (Lipinski definition) is 4. The van der Waals surface area contributed by atoms with Crippen LogP contribution in [0.25, 0.3) is 11.7 Å². The molecule has 1 saturated carbocycles. The Morgan fingerprint density at radius 2 is 2.12 bits per heavy atom. The zero-order chi connectivity index (χ0) is 23.7. The molecule has 1 fully saturated rings. The monoisotopic (exact) mass is 463 g/mol. The van der Waals surface area contributed by atoms with Gasteiger partial charge in [0.15, 0.2) is 17.7 Å². The fraction of sp³-hybridized carbons (Fsp3) is 0.227. The molecule has 34 heavy (non-hydrogen) atoms. The van der Waals surface area contributed by atoms with Gasteiger partial charge in [0.05, 0.1) is 19.3 Å². The van der Waals surface area contributed by atoms with Crippen molar-refractivity contribution in [1.82, 2.24) is 24.6 Å². The molecule has 0 saturated heterocycles. The first kappa shape index (κ1) is 21.2. The maximum Gasteiger partial charge on any atom is 0.343 e. The SMILES string of the molecule is COC(=O)COc1ccc(Nc2cc(=NC3CC3)n3nc/c(=C/c4[nH]c(=O)[nH]c4O)c3n2)cc1. The summed E-state index contributed by atoms with van der Waals surface area (Å²) in [7, 11) is 1.30. The zero-order valence-electron chi connectivity index (χ0n) is 18.1. The van der Waals surface area contributed by atoms with Crippen LogP contribution in [0.4, 0.5) is 11.5 Å². The van der Waals surface area contributed by atoms with E-state index >= 15 is 0 Å². The largest absolute Gasteiger partial charge is 0.493 e. The summed E-state index contributed by atoms with van der Waals surface area (Å²) in [5.74, 6) is 0.335. The van der Waals surface area contributed by atoms with Gasteiger partial charge < -0.3 is 24.9 Å². The second-order valence-electron chi connectivity index (χ2n) is 7.70. The number of ether oxygens (including phenoxy) is 2. The number of benzene rings is 1. The Morgan fingerprint density at radius 1 is 1.32 bits per heavy atom. The van der Waals surface area contributed by atoms with Gasteiger partial charge in [-0.1, -0.05) is 0 Å². The quantitative estimate of drug-likeness (QED) is 0.286. The molecule has 1 aliphatic carbocycles. The van der Waals surface area contributed by atoms with E-state index in [1.54, 1.807) is 47.1 Å². The fourth-order valence-electron chi connectivity index (χ4n) is 3.24. The van der Waals surface area contributed by atoms with E-state index in [1.165, 1.54) is 7.11 Å². The molecule has 0 atom stereocenters. The Morgan fingerprint density at radius 3 is 2.79 bits per heavy atom. The minimum absolute atomic E-state index is 0.171. The Hall–Kier alpha value is -4.61. The van der Waals surface area contributed by atoms with Gasteiger partial charge in [-0.05, 0) is 43.2 Å². The average Bonchev–Trinajstić information content (AvgIpc) is 3.46. The van der Waals surface area contributed by atoms with Crippen molar-refractivity contribution in [1.29, 1.82) is 0 Å². The molecule has 0 bridgehead atoms. The highest BCUT2D eigenvalue weighted by molar-refractivity contribution is 5.71. The number of methoxy groups -OCH3 is 1. The molecule has 5 rings (SSSR count). The minimum Gasteiger partial charge on any atom is -0.493 e. The van der Waals surface area contributed by atoms with Crippen LogP contribution in [0.2, 0.25) is 0 Å². The molecule has 3 aromatic heterocycles. The lowest BCUT2D eigenvalue weighted by atomic mass is 10.3. The second kappa shape index (κ2) is 8.73. The topological polar surface area (TPSA) is 159 Å². The van der Waals surface area contributed by atoms with E-state index < -0.39 is 11.7 Å². The number of carbonyl (C=O) groups excluding carboxylic acids is 1. The van der Waals surface area contributed by atoms with Crippen molar-refractivity contribution in [2.45, 2.75) is 18.9 Å². The molecule has 0 radical (unpaired) electrons. The lowest BCUT2D eigenvalue weighted by molar-refractivity contribution is -0.142. The van der Waals surface area contributed by atoms with Crippen LogP contribution in [-0.2, 0) is 9.53 Å². The number of nitrogens with zero attached hydrogens (tertiary/aromatic N) is 4. The number of rotatable bonds is 7. The maximum absolute atomic E-state index is 11.5. The minimum atomic E-state index is -0.515. The molecule has 12 nitrogen and oxygen atoms in total. The van der Waals surface area contributed by atoms with E-state index in [0.717, 1.165) is 18.5 Å². The highest BCUT2D eigenvalue weighted by Crippen LogP contribution is 2.23. The third-order valence-electron chi connectivity index (χ3n) is 5.09. The summed E-state index contributed by atoms with van der Waals surface area (Å²) in [5.41, 5.74) is 1.60. The summed E-state index contributed by atoms with van der Waals surface area (Å²) < 4.78 is 11.6. The van der Waals surface area contributed by atoms with Crippen molar-refractivity contribution in [3.63, 3.8) is 0 Å². The summed E-state index contributed by atoms with van der Waals surface area (Å²) >= 11 is 0. The summed E-state index contributed by atoms with van der Waals surface area (Å²) in [6.07, 6.45) is 5.23. The highest BCUT2D eigenvalue weighted by Gasteiger charge is 2.20. The smallest absolute Gasteiger partial charge is 0.343 e. The summed E-state index contributed by atoms with van der Waals surface area (Å²) in [6.45, 7) is -0.171. The molecule has 0 unspecified atom stereocenters. The van der Waals surface area contributed by atoms with Crippen molar-refractivity contribution >= 4 is 29.2 Å². The van der Waals surface area contributed by atoms with Gasteiger partial charge >= 0.3 is 11.7 Å². The van der Waals surface area contributed by atoms with Gasteiger partial charge in [0.1, 0.15) is 17.3 Å². The van der Waals surface area contributed by atoms with Crippen LogP contribution >= 0.6 is 0 Å². The third-order valence-corrected chi connectivity index (χ3v) is 5.09. The molecule has 4 N–H and O–H groups in total. The molecule has 0 aliphatic heterocycles. The van der Waals surface area contributed by atoms with Crippen LogP contribution in [0, 0.1) is 0 Å². The number of aromatic nitrogens is 5. The van der Waals surface area contributed by atoms with Crippen molar-refractivity contribution in [3.8, 4) is 11.6 Å². The Balaban J connectivity index is 1.49. The van der Waals surface area contributed by atoms with Crippen molar-refractivity contribution in [2.24, 2.45) is 4.99 Å². The first-order valence-electron chi connectivity index (χ1n) is 10.5. The first-order valence-corrected chi connectivity index (χ1v) is 10.5. The molecule has 0 spiro atoms. The molecule has 12 heteroatoms. The van der Waals surface area contributed by atoms with E-state index in [4.69, 9.17) is 9.73 Å². The van der Waals surface area contributed by atoms with Crippen LogP contribution in [0.15, 0.2) is 46.3 Å².